The largest absolute Gasteiger partial charge is 0.443 e. The highest BCUT2D eigenvalue weighted by molar-refractivity contribution is 5.94. The minimum Gasteiger partial charge on any atom is -0.443 e. The number of hydrazone groups is 1. The first kappa shape index (κ1) is 18.1. The molecule has 0 aliphatic rings. The highest BCUT2D eigenvalue weighted by Gasteiger charge is 2.20. The predicted octanol–water partition coefficient (Wildman–Crippen LogP) is 3.33. The summed E-state index contributed by atoms with van der Waals surface area (Å²) in [5, 5.41) is 13.5. The van der Waals surface area contributed by atoms with Crippen molar-refractivity contribution in [3.8, 4) is 12.0 Å². The molecule has 0 fully saturated rings. The van der Waals surface area contributed by atoms with Crippen LogP contribution in [0.15, 0.2) is 40.1 Å². The number of nitriles is 1. The maximum atomic E-state index is 12.0. The molecule has 0 saturated heterocycles. The van der Waals surface area contributed by atoms with Crippen LogP contribution in [0.3, 0.4) is 0 Å². The Bertz CT molecular complexity index is 1070. The Morgan fingerprint density at radius 3 is 2.67 bits per heavy atom. The van der Waals surface area contributed by atoms with Gasteiger partial charge in [0.2, 0.25) is 5.88 Å². The molecule has 0 spiro atoms. The van der Waals surface area contributed by atoms with Crippen molar-refractivity contribution in [3.63, 3.8) is 0 Å². The normalized spacial score (nSPS) is 10.9. The summed E-state index contributed by atoms with van der Waals surface area (Å²) in [5.41, 5.74) is 6.91. The van der Waals surface area contributed by atoms with E-state index in [2.05, 4.69) is 21.6 Å². The highest BCUT2D eigenvalue weighted by Crippen LogP contribution is 2.28. The fraction of sp³-hybridized carbons (Fsp3) is 0.200. The summed E-state index contributed by atoms with van der Waals surface area (Å²) < 4.78 is 7.70. The highest BCUT2D eigenvalue weighted by atomic mass is 16.4. The minimum atomic E-state index is -0.313. The van der Waals surface area contributed by atoms with Crippen LogP contribution in [0.5, 0.6) is 0 Å². The zero-order chi connectivity index (χ0) is 19.6. The Morgan fingerprint density at radius 1 is 1.30 bits per heavy atom. The Hall–Kier alpha value is -3.66. The van der Waals surface area contributed by atoms with Crippen molar-refractivity contribution in [1.29, 1.82) is 5.26 Å². The third kappa shape index (κ3) is 3.37. The van der Waals surface area contributed by atoms with Crippen LogP contribution in [-0.4, -0.2) is 21.7 Å². The summed E-state index contributed by atoms with van der Waals surface area (Å²) in [6.45, 7) is 7.54. The van der Waals surface area contributed by atoms with Gasteiger partial charge in [0.1, 0.15) is 17.4 Å². The summed E-state index contributed by atoms with van der Waals surface area (Å²) in [7, 11) is 0. The molecular formula is C20H19N5O2. The second-order valence-corrected chi connectivity index (χ2v) is 6.17. The van der Waals surface area contributed by atoms with Gasteiger partial charge in [-0.25, -0.2) is 5.43 Å². The molecule has 0 saturated carbocycles. The van der Waals surface area contributed by atoms with Crippen LogP contribution in [0.2, 0.25) is 0 Å². The average molecular weight is 361 g/mol. The first-order valence-corrected chi connectivity index (χ1v) is 8.37. The fourth-order valence-electron chi connectivity index (χ4n) is 2.86. The second-order valence-electron chi connectivity index (χ2n) is 6.17. The molecule has 0 radical (unpaired) electrons. The molecule has 27 heavy (non-hydrogen) atoms. The van der Waals surface area contributed by atoms with Crippen molar-refractivity contribution in [2.24, 2.45) is 5.10 Å². The third-order valence-electron chi connectivity index (χ3n) is 4.46. The van der Waals surface area contributed by atoms with Gasteiger partial charge in [-0.05, 0) is 45.9 Å². The molecule has 1 N–H and O–H groups in total. The number of furan rings is 1. The van der Waals surface area contributed by atoms with E-state index in [1.54, 1.807) is 30.7 Å². The van der Waals surface area contributed by atoms with Crippen molar-refractivity contribution >= 4 is 12.1 Å². The molecule has 3 aromatic rings. The number of rotatable bonds is 4. The molecule has 0 aromatic carbocycles. The summed E-state index contributed by atoms with van der Waals surface area (Å²) >= 11 is 0. The number of hydrogen-bond acceptors (Lipinski definition) is 5. The first-order valence-electron chi connectivity index (χ1n) is 8.37. The number of aryl methyl sites for hydroxylation is 2. The SMILES string of the molecule is Cc1oc(-n2c(C)cc(/C=N\NC(=O)c3ccncc3)c2C)c(C#N)c1C. The number of amides is 1. The van der Waals surface area contributed by atoms with E-state index in [1.807, 2.05) is 38.3 Å². The Kier molecular flexibility index (Phi) is 4.90. The van der Waals surface area contributed by atoms with Gasteiger partial charge in [-0.15, -0.1) is 0 Å². The number of aromatic nitrogens is 2. The van der Waals surface area contributed by atoms with Gasteiger partial charge in [-0.3, -0.25) is 14.3 Å². The van der Waals surface area contributed by atoms with E-state index >= 15 is 0 Å². The van der Waals surface area contributed by atoms with Gasteiger partial charge in [0.15, 0.2) is 0 Å². The number of hydrogen-bond donors (Lipinski definition) is 1. The molecule has 3 rings (SSSR count). The van der Waals surface area contributed by atoms with Gasteiger partial charge in [-0.1, -0.05) is 0 Å². The summed E-state index contributed by atoms with van der Waals surface area (Å²) in [5.74, 6) is 0.906. The molecule has 0 aliphatic carbocycles. The lowest BCUT2D eigenvalue weighted by Crippen LogP contribution is -2.17. The molecule has 1 amide bonds. The molecule has 3 aromatic heterocycles. The zero-order valence-electron chi connectivity index (χ0n) is 15.6. The van der Waals surface area contributed by atoms with Gasteiger partial charge >= 0.3 is 0 Å². The van der Waals surface area contributed by atoms with Crippen LogP contribution >= 0.6 is 0 Å². The van der Waals surface area contributed by atoms with E-state index in [0.29, 0.717) is 22.8 Å². The molecule has 0 bridgehead atoms. The topological polar surface area (TPSA) is 96.2 Å². The van der Waals surface area contributed by atoms with Gasteiger partial charge in [0, 0.05) is 40.5 Å². The number of nitrogens with zero attached hydrogens (tertiary/aromatic N) is 4. The zero-order valence-corrected chi connectivity index (χ0v) is 15.6. The van der Waals surface area contributed by atoms with Crippen LogP contribution < -0.4 is 5.43 Å². The number of carbonyl (C=O) groups excluding carboxylic acids is 1. The van der Waals surface area contributed by atoms with Gasteiger partial charge < -0.3 is 4.42 Å². The van der Waals surface area contributed by atoms with Gasteiger partial charge in [0.05, 0.1) is 6.21 Å². The van der Waals surface area contributed by atoms with E-state index in [1.165, 1.54) is 0 Å². The smallest absolute Gasteiger partial charge is 0.271 e. The molecule has 7 heteroatoms. The van der Waals surface area contributed by atoms with E-state index in [4.69, 9.17) is 4.42 Å². The van der Waals surface area contributed by atoms with Crippen LogP contribution in [-0.2, 0) is 0 Å². The van der Waals surface area contributed by atoms with E-state index in [-0.39, 0.29) is 5.91 Å². The van der Waals surface area contributed by atoms with E-state index < -0.39 is 0 Å². The Labute approximate surface area is 157 Å². The van der Waals surface area contributed by atoms with Crippen molar-refractivity contribution in [2.75, 3.05) is 0 Å². The summed E-state index contributed by atoms with van der Waals surface area (Å²) in [6, 6.07) is 7.36. The first-order chi connectivity index (χ1) is 12.9. The molecular weight excluding hydrogens is 342 g/mol. The lowest BCUT2D eigenvalue weighted by Gasteiger charge is -2.06. The molecule has 136 valence electrons. The van der Waals surface area contributed by atoms with Gasteiger partial charge in [-0.2, -0.15) is 10.4 Å². The van der Waals surface area contributed by atoms with Crippen molar-refractivity contribution in [1.82, 2.24) is 15.0 Å². The molecule has 0 atom stereocenters. The molecule has 7 nitrogen and oxygen atoms in total. The molecule has 0 aliphatic heterocycles. The van der Waals surface area contributed by atoms with Gasteiger partial charge in [0.25, 0.3) is 5.91 Å². The molecule has 0 unspecified atom stereocenters. The number of carbonyl (C=O) groups is 1. The fourth-order valence-corrected chi connectivity index (χ4v) is 2.86. The van der Waals surface area contributed by atoms with Crippen LogP contribution in [0, 0.1) is 39.0 Å². The monoisotopic (exact) mass is 361 g/mol. The Morgan fingerprint density at radius 2 is 2.00 bits per heavy atom. The predicted molar refractivity (Wildman–Crippen MR) is 101 cm³/mol. The maximum Gasteiger partial charge on any atom is 0.271 e. The second kappa shape index (κ2) is 7.30. The van der Waals surface area contributed by atoms with Crippen molar-refractivity contribution in [2.45, 2.75) is 27.7 Å². The minimum absolute atomic E-state index is 0.313. The lowest BCUT2D eigenvalue weighted by atomic mass is 10.2. The summed E-state index contributed by atoms with van der Waals surface area (Å²) in [4.78, 5) is 15.9. The lowest BCUT2D eigenvalue weighted by molar-refractivity contribution is 0.0955. The van der Waals surface area contributed by atoms with Crippen molar-refractivity contribution < 1.29 is 9.21 Å². The Balaban J connectivity index is 1.88. The van der Waals surface area contributed by atoms with E-state index in [0.717, 1.165) is 22.5 Å². The maximum absolute atomic E-state index is 12.0. The quantitative estimate of drug-likeness (QED) is 0.569. The number of nitrogens with one attached hydrogen (secondary N) is 1. The summed E-state index contributed by atoms with van der Waals surface area (Å²) in [6.07, 6.45) is 4.67. The standard InChI is InChI=1S/C20H19N5O2/c1-12-9-17(11-23-24-19(26)16-5-7-22-8-6-16)14(3)25(12)20-18(10-21)13(2)15(4)27-20/h5-9,11H,1-4H3,(H,24,26)/b23-11-. The third-order valence-corrected chi connectivity index (χ3v) is 4.46. The average Bonchev–Trinajstić information content (AvgIpc) is 3.10. The van der Waals surface area contributed by atoms with Crippen LogP contribution in [0.25, 0.3) is 5.88 Å². The number of pyridine rings is 1. The van der Waals surface area contributed by atoms with Crippen LogP contribution in [0.1, 0.15) is 44.2 Å². The van der Waals surface area contributed by atoms with Crippen molar-refractivity contribution in [3.05, 3.63) is 70.0 Å². The molecule has 3 heterocycles. The van der Waals surface area contributed by atoms with E-state index in [9.17, 15) is 10.1 Å². The van der Waals surface area contributed by atoms with Crippen LogP contribution in [0.4, 0.5) is 0 Å².